The van der Waals surface area contributed by atoms with Gasteiger partial charge in [0.25, 0.3) is 0 Å². The molecule has 0 aliphatic rings. The minimum absolute atomic E-state index is 0.285. The predicted molar refractivity (Wildman–Crippen MR) is 37.2 cm³/mol. The van der Waals surface area contributed by atoms with Crippen LogP contribution in [0.4, 0.5) is 0 Å². The molecule has 0 aromatic heterocycles. The number of nitrogens with zero attached hydrogens (tertiary/aromatic N) is 1. The normalized spacial score (nSPS) is 12.8. The molecule has 0 radical (unpaired) electrons. The number of likely N-dealkylation sites (N-methyl/N-ethyl adjacent to an activating group) is 2. The Balaban J connectivity index is 3.44. The average Bonchev–Trinajstić information content (AvgIpc) is 1.87. The van der Waals surface area contributed by atoms with Gasteiger partial charge in [0.2, 0.25) is 6.41 Å². The Hall–Kier alpha value is -0.570. The highest BCUT2D eigenvalue weighted by molar-refractivity contribution is 5.46. The van der Waals surface area contributed by atoms with Gasteiger partial charge in [-0.2, -0.15) is 0 Å². The van der Waals surface area contributed by atoms with Crippen LogP contribution in [0.5, 0.6) is 0 Å². The fourth-order valence-electron chi connectivity index (χ4n) is 0.543. The molecule has 0 aliphatic heterocycles. The van der Waals surface area contributed by atoms with Crippen molar-refractivity contribution in [2.75, 3.05) is 20.6 Å². The van der Waals surface area contributed by atoms with E-state index in [2.05, 4.69) is 5.32 Å². The van der Waals surface area contributed by atoms with Gasteiger partial charge in [-0.25, -0.2) is 0 Å². The van der Waals surface area contributed by atoms with Crippen LogP contribution in [0.25, 0.3) is 0 Å². The van der Waals surface area contributed by atoms with Crippen molar-refractivity contribution in [2.24, 2.45) is 0 Å². The standard InChI is InChI=1S/C6H14N2O/c1-6(4-7-2)8(3)5-9/h5-7H,4H2,1-3H3/t6-/m0/s1. The van der Waals surface area contributed by atoms with Gasteiger partial charge in [0, 0.05) is 19.6 Å². The molecule has 1 amide bonds. The predicted octanol–water partition coefficient (Wildman–Crippen LogP) is -0.317. The van der Waals surface area contributed by atoms with Gasteiger partial charge >= 0.3 is 0 Å². The summed E-state index contributed by atoms with van der Waals surface area (Å²) >= 11 is 0. The molecule has 0 aromatic rings. The van der Waals surface area contributed by atoms with E-state index in [1.165, 1.54) is 0 Å². The first-order valence-corrected chi connectivity index (χ1v) is 3.04. The van der Waals surface area contributed by atoms with E-state index in [1.54, 1.807) is 11.9 Å². The van der Waals surface area contributed by atoms with Crippen LogP contribution in [0.3, 0.4) is 0 Å². The van der Waals surface area contributed by atoms with E-state index in [-0.39, 0.29) is 6.04 Å². The zero-order valence-electron chi connectivity index (χ0n) is 6.22. The Bertz CT molecular complexity index is 85.1. The van der Waals surface area contributed by atoms with Crippen LogP contribution in [0, 0.1) is 0 Å². The maximum absolute atomic E-state index is 10.1. The highest BCUT2D eigenvalue weighted by Gasteiger charge is 2.02. The Kier molecular flexibility index (Phi) is 4.05. The lowest BCUT2D eigenvalue weighted by Crippen LogP contribution is -2.35. The highest BCUT2D eigenvalue weighted by Crippen LogP contribution is 1.87. The summed E-state index contributed by atoms with van der Waals surface area (Å²) in [5.41, 5.74) is 0. The van der Waals surface area contributed by atoms with E-state index in [0.29, 0.717) is 0 Å². The fraction of sp³-hybridized carbons (Fsp3) is 0.833. The van der Waals surface area contributed by atoms with Gasteiger partial charge in [-0.3, -0.25) is 4.79 Å². The van der Waals surface area contributed by atoms with Gasteiger partial charge in [-0.15, -0.1) is 0 Å². The van der Waals surface area contributed by atoms with Crippen molar-refractivity contribution in [1.29, 1.82) is 0 Å². The molecule has 0 spiro atoms. The van der Waals surface area contributed by atoms with Gasteiger partial charge in [0.05, 0.1) is 0 Å². The Morgan fingerprint density at radius 2 is 2.33 bits per heavy atom. The molecule has 54 valence electrons. The lowest BCUT2D eigenvalue weighted by Gasteiger charge is -2.19. The largest absolute Gasteiger partial charge is 0.344 e. The van der Waals surface area contributed by atoms with Crippen LogP contribution in [0.15, 0.2) is 0 Å². The number of hydrogen-bond donors (Lipinski definition) is 1. The average molecular weight is 130 g/mol. The van der Waals surface area contributed by atoms with E-state index in [9.17, 15) is 4.79 Å². The molecule has 3 heteroatoms. The third kappa shape index (κ3) is 3.08. The summed E-state index contributed by atoms with van der Waals surface area (Å²) in [5, 5.41) is 2.98. The second kappa shape index (κ2) is 4.32. The lowest BCUT2D eigenvalue weighted by atomic mass is 10.3. The van der Waals surface area contributed by atoms with Crippen LogP contribution in [0.2, 0.25) is 0 Å². The van der Waals surface area contributed by atoms with Crippen molar-refractivity contribution in [3.8, 4) is 0 Å². The molecule has 0 rings (SSSR count). The van der Waals surface area contributed by atoms with E-state index < -0.39 is 0 Å². The summed E-state index contributed by atoms with van der Waals surface area (Å²) in [7, 11) is 3.64. The second-order valence-electron chi connectivity index (χ2n) is 2.18. The second-order valence-corrected chi connectivity index (χ2v) is 2.18. The third-order valence-corrected chi connectivity index (χ3v) is 1.36. The van der Waals surface area contributed by atoms with E-state index >= 15 is 0 Å². The van der Waals surface area contributed by atoms with Crippen molar-refractivity contribution in [3.05, 3.63) is 0 Å². The van der Waals surface area contributed by atoms with Gasteiger partial charge < -0.3 is 10.2 Å². The number of hydrogen-bond acceptors (Lipinski definition) is 2. The van der Waals surface area contributed by atoms with Crippen molar-refractivity contribution in [1.82, 2.24) is 10.2 Å². The minimum Gasteiger partial charge on any atom is -0.344 e. The smallest absolute Gasteiger partial charge is 0.209 e. The first-order valence-electron chi connectivity index (χ1n) is 3.04. The molecule has 0 aromatic carbocycles. The summed E-state index contributed by atoms with van der Waals surface area (Å²) in [4.78, 5) is 11.8. The van der Waals surface area contributed by atoms with E-state index in [0.717, 1.165) is 13.0 Å². The first kappa shape index (κ1) is 8.43. The molecule has 0 saturated heterocycles. The molecular weight excluding hydrogens is 116 g/mol. The molecule has 0 saturated carbocycles. The van der Waals surface area contributed by atoms with Crippen LogP contribution in [0.1, 0.15) is 6.92 Å². The summed E-state index contributed by atoms with van der Waals surface area (Å²) < 4.78 is 0. The molecule has 0 fully saturated rings. The number of amides is 1. The maximum atomic E-state index is 10.1. The zero-order valence-corrected chi connectivity index (χ0v) is 6.22. The molecule has 0 aliphatic carbocycles. The van der Waals surface area contributed by atoms with E-state index in [4.69, 9.17) is 0 Å². The van der Waals surface area contributed by atoms with Gasteiger partial charge in [0.1, 0.15) is 0 Å². The molecule has 3 nitrogen and oxygen atoms in total. The molecule has 1 N–H and O–H groups in total. The Morgan fingerprint density at radius 1 is 1.78 bits per heavy atom. The van der Waals surface area contributed by atoms with Crippen LogP contribution in [-0.2, 0) is 4.79 Å². The summed E-state index contributed by atoms with van der Waals surface area (Å²) in [6.45, 7) is 2.83. The number of carbonyl (C=O) groups is 1. The first-order chi connectivity index (χ1) is 4.22. The Labute approximate surface area is 56.0 Å². The fourth-order valence-corrected chi connectivity index (χ4v) is 0.543. The number of nitrogens with one attached hydrogen (secondary N) is 1. The van der Waals surface area contributed by atoms with Gasteiger partial charge in [0.15, 0.2) is 0 Å². The Morgan fingerprint density at radius 3 is 2.67 bits per heavy atom. The van der Waals surface area contributed by atoms with Gasteiger partial charge in [-0.1, -0.05) is 0 Å². The quantitative estimate of drug-likeness (QED) is 0.529. The van der Waals surface area contributed by atoms with Crippen molar-refractivity contribution in [3.63, 3.8) is 0 Å². The van der Waals surface area contributed by atoms with Crippen LogP contribution >= 0.6 is 0 Å². The maximum Gasteiger partial charge on any atom is 0.209 e. The van der Waals surface area contributed by atoms with Crippen molar-refractivity contribution in [2.45, 2.75) is 13.0 Å². The number of carbonyl (C=O) groups excluding carboxylic acids is 1. The van der Waals surface area contributed by atoms with Crippen molar-refractivity contribution < 1.29 is 4.79 Å². The summed E-state index contributed by atoms with van der Waals surface area (Å²) in [6.07, 6.45) is 0.835. The monoisotopic (exact) mass is 130 g/mol. The van der Waals surface area contributed by atoms with Crippen LogP contribution < -0.4 is 5.32 Å². The highest BCUT2D eigenvalue weighted by atomic mass is 16.1. The number of rotatable bonds is 4. The van der Waals surface area contributed by atoms with E-state index in [1.807, 2.05) is 14.0 Å². The summed E-state index contributed by atoms with van der Waals surface area (Å²) in [5.74, 6) is 0. The molecular formula is C6H14N2O. The molecule has 0 unspecified atom stereocenters. The van der Waals surface area contributed by atoms with Gasteiger partial charge in [-0.05, 0) is 14.0 Å². The minimum atomic E-state index is 0.285. The molecule has 0 heterocycles. The zero-order chi connectivity index (χ0) is 7.28. The molecule has 9 heavy (non-hydrogen) atoms. The molecule has 0 bridgehead atoms. The summed E-state index contributed by atoms with van der Waals surface area (Å²) in [6, 6.07) is 0.285. The SMILES string of the molecule is CNC[C@H](C)N(C)C=O. The van der Waals surface area contributed by atoms with Crippen LogP contribution in [-0.4, -0.2) is 38.0 Å². The molecule has 1 atom stereocenters. The lowest BCUT2D eigenvalue weighted by molar-refractivity contribution is -0.118. The topological polar surface area (TPSA) is 32.3 Å². The third-order valence-electron chi connectivity index (χ3n) is 1.36. The van der Waals surface area contributed by atoms with Crippen molar-refractivity contribution >= 4 is 6.41 Å².